The summed E-state index contributed by atoms with van der Waals surface area (Å²) >= 11 is 0. The Kier molecular flexibility index (Phi) is 6.27. The lowest BCUT2D eigenvalue weighted by molar-refractivity contribution is 0.0787. The third kappa shape index (κ3) is 3.82. The van der Waals surface area contributed by atoms with Gasteiger partial charge in [0.05, 0.1) is 0 Å². The van der Waals surface area contributed by atoms with Crippen LogP contribution in [0.5, 0.6) is 0 Å². The molecule has 2 fully saturated rings. The first-order valence-corrected chi connectivity index (χ1v) is 8.37. The van der Waals surface area contributed by atoms with E-state index in [-0.39, 0.29) is 18.3 Å². The molecular formula is C18H27ClN2O. The van der Waals surface area contributed by atoms with Gasteiger partial charge in [-0.15, -0.1) is 12.4 Å². The van der Waals surface area contributed by atoms with Crippen LogP contribution >= 0.6 is 12.4 Å². The molecule has 1 aliphatic heterocycles. The molecule has 4 heteroatoms. The minimum Gasteiger partial charge on any atom is -0.338 e. The van der Waals surface area contributed by atoms with Crippen LogP contribution in [0, 0.1) is 5.92 Å². The lowest BCUT2D eigenvalue weighted by Gasteiger charge is -2.22. The second kappa shape index (κ2) is 7.98. The molecule has 2 aliphatic rings. The Morgan fingerprint density at radius 2 is 1.77 bits per heavy atom. The SMILES string of the molecule is Cl.NCC1CCN(C(=O)c2ccc(C3CCCCC3)cc2)C1. The zero-order valence-corrected chi connectivity index (χ0v) is 14.0. The Balaban J connectivity index is 0.00000176. The van der Waals surface area contributed by atoms with Crippen LogP contribution in [0.4, 0.5) is 0 Å². The molecule has 2 N–H and O–H groups in total. The van der Waals surface area contributed by atoms with E-state index in [4.69, 9.17) is 5.73 Å². The zero-order chi connectivity index (χ0) is 14.7. The molecule has 3 nitrogen and oxygen atoms in total. The van der Waals surface area contributed by atoms with Gasteiger partial charge in [0.1, 0.15) is 0 Å². The number of carbonyl (C=O) groups excluding carboxylic acids is 1. The van der Waals surface area contributed by atoms with Crippen molar-refractivity contribution in [1.82, 2.24) is 4.90 Å². The van der Waals surface area contributed by atoms with E-state index in [1.165, 1.54) is 37.7 Å². The van der Waals surface area contributed by atoms with E-state index in [9.17, 15) is 4.79 Å². The van der Waals surface area contributed by atoms with Gasteiger partial charge in [0, 0.05) is 18.7 Å². The number of hydrogen-bond donors (Lipinski definition) is 1. The van der Waals surface area contributed by atoms with Gasteiger partial charge in [-0.25, -0.2) is 0 Å². The molecule has 22 heavy (non-hydrogen) atoms. The van der Waals surface area contributed by atoms with Crippen molar-refractivity contribution < 1.29 is 4.79 Å². The monoisotopic (exact) mass is 322 g/mol. The van der Waals surface area contributed by atoms with Crippen LogP contribution in [-0.2, 0) is 0 Å². The van der Waals surface area contributed by atoms with Crippen LogP contribution in [0.1, 0.15) is 60.4 Å². The van der Waals surface area contributed by atoms with Gasteiger partial charge in [-0.05, 0) is 55.3 Å². The van der Waals surface area contributed by atoms with Crippen LogP contribution in [0.15, 0.2) is 24.3 Å². The quantitative estimate of drug-likeness (QED) is 0.924. The minimum atomic E-state index is 0. The zero-order valence-electron chi connectivity index (χ0n) is 13.2. The van der Waals surface area contributed by atoms with Crippen molar-refractivity contribution in [3.63, 3.8) is 0 Å². The highest BCUT2D eigenvalue weighted by atomic mass is 35.5. The summed E-state index contributed by atoms with van der Waals surface area (Å²) in [6, 6.07) is 8.36. The molecule has 1 aliphatic carbocycles. The maximum Gasteiger partial charge on any atom is 0.253 e. The fourth-order valence-electron chi connectivity index (χ4n) is 3.73. The molecule has 122 valence electrons. The highest BCUT2D eigenvalue weighted by molar-refractivity contribution is 5.94. The van der Waals surface area contributed by atoms with Crippen molar-refractivity contribution >= 4 is 18.3 Å². The van der Waals surface area contributed by atoms with E-state index in [0.717, 1.165) is 25.1 Å². The molecule has 1 amide bonds. The average molecular weight is 323 g/mol. The summed E-state index contributed by atoms with van der Waals surface area (Å²) in [5, 5.41) is 0. The van der Waals surface area contributed by atoms with Crippen molar-refractivity contribution in [3.8, 4) is 0 Å². The third-order valence-electron chi connectivity index (χ3n) is 5.14. The summed E-state index contributed by atoms with van der Waals surface area (Å²) in [5.41, 5.74) is 7.94. The molecule has 1 saturated heterocycles. The van der Waals surface area contributed by atoms with E-state index < -0.39 is 0 Å². The van der Waals surface area contributed by atoms with Gasteiger partial charge in [0.15, 0.2) is 0 Å². The number of nitrogens with two attached hydrogens (primary N) is 1. The maximum absolute atomic E-state index is 12.5. The van der Waals surface area contributed by atoms with E-state index in [1.807, 2.05) is 17.0 Å². The molecule has 1 heterocycles. The molecule has 0 spiro atoms. The van der Waals surface area contributed by atoms with E-state index in [2.05, 4.69) is 12.1 Å². The van der Waals surface area contributed by atoms with E-state index in [1.54, 1.807) is 0 Å². The second-order valence-corrected chi connectivity index (χ2v) is 6.60. The maximum atomic E-state index is 12.5. The van der Waals surface area contributed by atoms with Crippen LogP contribution < -0.4 is 5.73 Å². The van der Waals surface area contributed by atoms with Crippen LogP contribution in [0.3, 0.4) is 0 Å². The number of halogens is 1. The number of rotatable bonds is 3. The van der Waals surface area contributed by atoms with Crippen molar-refractivity contribution in [2.45, 2.75) is 44.4 Å². The van der Waals surface area contributed by atoms with Crippen molar-refractivity contribution in [3.05, 3.63) is 35.4 Å². The van der Waals surface area contributed by atoms with Gasteiger partial charge in [-0.1, -0.05) is 31.4 Å². The lowest BCUT2D eigenvalue weighted by Crippen LogP contribution is -2.29. The summed E-state index contributed by atoms with van der Waals surface area (Å²) in [5.74, 6) is 1.35. The molecule has 0 radical (unpaired) electrons. The first-order chi connectivity index (χ1) is 10.3. The van der Waals surface area contributed by atoms with Gasteiger partial charge in [0.25, 0.3) is 5.91 Å². The number of nitrogens with zero attached hydrogens (tertiary/aromatic N) is 1. The normalized spacial score (nSPS) is 22.4. The molecule has 1 unspecified atom stereocenters. The summed E-state index contributed by atoms with van der Waals surface area (Å²) in [4.78, 5) is 14.4. The van der Waals surface area contributed by atoms with Crippen LogP contribution in [0.25, 0.3) is 0 Å². The summed E-state index contributed by atoms with van der Waals surface area (Å²) in [6.07, 6.45) is 7.72. The molecule has 1 aromatic carbocycles. The molecule has 1 atom stereocenters. The smallest absolute Gasteiger partial charge is 0.253 e. The van der Waals surface area contributed by atoms with Gasteiger partial charge >= 0.3 is 0 Å². The number of likely N-dealkylation sites (tertiary alicyclic amines) is 1. The standard InChI is InChI=1S/C18H26N2O.ClH/c19-12-14-10-11-20(13-14)18(21)17-8-6-16(7-9-17)15-4-2-1-3-5-15;/h6-9,14-15H,1-5,10-13,19H2;1H. The van der Waals surface area contributed by atoms with Crippen molar-refractivity contribution in [2.24, 2.45) is 11.7 Å². The Morgan fingerprint density at radius 3 is 2.36 bits per heavy atom. The van der Waals surface area contributed by atoms with Crippen molar-refractivity contribution in [2.75, 3.05) is 19.6 Å². The lowest BCUT2D eigenvalue weighted by atomic mass is 9.84. The summed E-state index contributed by atoms with van der Waals surface area (Å²) in [6.45, 7) is 2.36. The summed E-state index contributed by atoms with van der Waals surface area (Å²) < 4.78 is 0. The predicted octanol–water partition coefficient (Wildman–Crippen LogP) is 3.58. The van der Waals surface area contributed by atoms with Crippen molar-refractivity contribution in [1.29, 1.82) is 0 Å². The highest BCUT2D eigenvalue weighted by Gasteiger charge is 2.26. The first kappa shape index (κ1) is 17.3. The number of benzene rings is 1. The molecule has 0 bridgehead atoms. The van der Waals surface area contributed by atoms with Crippen LogP contribution in [0.2, 0.25) is 0 Å². The molecule has 1 aromatic rings. The fourth-order valence-corrected chi connectivity index (χ4v) is 3.73. The Morgan fingerprint density at radius 1 is 1.09 bits per heavy atom. The fraction of sp³-hybridized carbons (Fsp3) is 0.611. The first-order valence-electron chi connectivity index (χ1n) is 8.37. The third-order valence-corrected chi connectivity index (χ3v) is 5.14. The average Bonchev–Trinajstić information content (AvgIpc) is 3.04. The summed E-state index contributed by atoms with van der Waals surface area (Å²) in [7, 11) is 0. The topological polar surface area (TPSA) is 46.3 Å². The minimum absolute atomic E-state index is 0. The molecule has 3 rings (SSSR count). The molecule has 1 saturated carbocycles. The second-order valence-electron chi connectivity index (χ2n) is 6.60. The Hall–Kier alpha value is -1.06. The van der Waals surface area contributed by atoms with E-state index in [0.29, 0.717) is 18.4 Å². The van der Waals surface area contributed by atoms with E-state index >= 15 is 0 Å². The van der Waals surface area contributed by atoms with Gasteiger partial charge < -0.3 is 10.6 Å². The Labute approximate surface area is 139 Å². The highest BCUT2D eigenvalue weighted by Crippen LogP contribution is 2.32. The predicted molar refractivity (Wildman–Crippen MR) is 92.6 cm³/mol. The molecular weight excluding hydrogens is 296 g/mol. The van der Waals surface area contributed by atoms with Gasteiger partial charge in [-0.2, -0.15) is 0 Å². The number of hydrogen-bond acceptors (Lipinski definition) is 2. The van der Waals surface area contributed by atoms with Gasteiger partial charge in [-0.3, -0.25) is 4.79 Å². The molecule has 0 aromatic heterocycles. The number of carbonyl (C=O) groups is 1. The van der Waals surface area contributed by atoms with Gasteiger partial charge in [0.2, 0.25) is 0 Å². The number of amides is 1. The largest absolute Gasteiger partial charge is 0.338 e. The van der Waals surface area contributed by atoms with Crippen LogP contribution in [-0.4, -0.2) is 30.4 Å². The Bertz CT molecular complexity index is 482.